The van der Waals surface area contributed by atoms with Crippen molar-refractivity contribution in [3.63, 3.8) is 0 Å². The number of aromatic nitrogens is 2. The van der Waals surface area contributed by atoms with Gasteiger partial charge in [-0.2, -0.15) is 0 Å². The number of hydrogen-bond donors (Lipinski definition) is 0. The van der Waals surface area contributed by atoms with E-state index in [1.54, 1.807) is 42.3 Å². The molecule has 1 aliphatic heterocycles. The predicted molar refractivity (Wildman–Crippen MR) is 133 cm³/mol. The number of rotatable bonds is 4. The highest BCUT2D eigenvalue weighted by Crippen LogP contribution is 2.41. The molecule has 188 valence electrons. The average molecular weight is 502 g/mol. The molecule has 0 radical (unpaired) electrons. The van der Waals surface area contributed by atoms with Crippen molar-refractivity contribution >= 4 is 26.8 Å². The first kappa shape index (κ1) is 25.2. The quantitative estimate of drug-likeness (QED) is 0.506. The van der Waals surface area contributed by atoms with Crippen LogP contribution in [0.1, 0.15) is 45.4 Å². The van der Waals surface area contributed by atoms with Crippen molar-refractivity contribution in [1.29, 1.82) is 0 Å². The number of pyridine rings is 1. The molecular formula is C26H32FN3O4S. The number of benzene rings is 1. The number of halogens is 1. The second-order valence-corrected chi connectivity index (χ2v) is 12.4. The molecule has 0 spiro atoms. The highest BCUT2D eigenvalue weighted by atomic mass is 32.2. The lowest BCUT2D eigenvalue weighted by atomic mass is 9.79. The van der Waals surface area contributed by atoms with Gasteiger partial charge in [0.25, 0.3) is 0 Å². The second kappa shape index (κ2) is 8.93. The van der Waals surface area contributed by atoms with Gasteiger partial charge < -0.3 is 14.2 Å². The van der Waals surface area contributed by atoms with Crippen LogP contribution >= 0.6 is 0 Å². The number of ether oxygens (including phenoxy) is 1. The van der Waals surface area contributed by atoms with Gasteiger partial charge in [0.1, 0.15) is 11.3 Å². The highest BCUT2D eigenvalue weighted by molar-refractivity contribution is 7.90. The Morgan fingerprint density at radius 2 is 1.97 bits per heavy atom. The van der Waals surface area contributed by atoms with Crippen LogP contribution in [0.4, 0.5) is 9.18 Å². The molecule has 1 amide bonds. The number of hydrogen-bond acceptors (Lipinski definition) is 5. The summed E-state index contributed by atoms with van der Waals surface area (Å²) in [6, 6.07) is 10.5. The van der Waals surface area contributed by atoms with Gasteiger partial charge in [0.2, 0.25) is 0 Å². The van der Waals surface area contributed by atoms with Crippen molar-refractivity contribution in [1.82, 2.24) is 14.5 Å². The zero-order valence-corrected chi connectivity index (χ0v) is 21.6. The number of alkyl halides is 1. The lowest BCUT2D eigenvalue weighted by Crippen LogP contribution is -2.50. The summed E-state index contributed by atoms with van der Waals surface area (Å²) in [6.45, 7) is 8.28. The predicted octanol–water partition coefficient (Wildman–Crippen LogP) is 4.93. The minimum absolute atomic E-state index is 0.180. The molecule has 1 saturated heterocycles. The Balaban J connectivity index is 1.47. The fourth-order valence-corrected chi connectivity index (χ4v) is 5.17. The fraction of sp³-hybridized carbons (Fsp3) is 0.462. The van der Waals surface area contributed by atoms with Gasteiger partial charge in [0.15, 0.2) is 9.84 Å². The van der Waals surface area contributed by atoms with Gasteiger partial charge in [-0.3, -0.25) is 4.98 Å². The van der Waals surface area contributed by atoms with Crippen LogP contribution in [0.25, 0.3) is 10.9 Å². The Bertz CT molecular complexity index is 1350. The highest BCUT2D eigenvalue weighted by Gasteiger charge is 2.44. The van der Waals surface area contributed by atoms with Crippen LogP contribution in [0.2, 0.25) is 0 Å². The number of nitrogens with zero attached hydrogens (tertiary/aromatic N) is 3. The number of carbonyl (C=O) groups excluding carboxylic acids is 1. The zero-order chi connectivity index (χ0) is 25.6. The summed E-state index contributed by atoms with van der Waals surface area (Å²) in [4.78, 5) is 18.8. The number of carbonyl (C=O) groups is 1. The summed E-state index contributed by atoms with van der Waals surface area (Å²) in [7, 11) is -3.27. The van der Waals surface area contributed by atoms with Crippen molar-refractivity contribution in [3.05, 3.63) is 60.0 Å². The third kappa shape index (κ3) is 5.34. The molecule has 7 nitrogen and oxygen atoms in total. The van der Waals surface area contributed by atoms with Gasteiger partial charge >= 0.3 is 6.09 Å². The first-order chi connectivity index (χ1) is 16.3. The van der Waals surface area contributed by atoms with Gasteiger partial charge in [-0.15, -0.1) is 0 Å². The van der Waals surface area contributed by atoms with Crippen LogP contribution in [0.5, 0.6) is 0 Å². The average Bonchev–Trinajstić information content (AvgIpc) is 3.16. The molecule has 1 aromatic carbocycles. The summed E-state index contributed by atoms with van der Waals surface area (Å²) in [5.74, 6) is -0.408. The maximum absolute atomic E-state index is 16.1. The van der Waals surface area contributed by atoms with E-state index in [-0.39, 0.29) is 24.4 Å². The topological polar surface area (TPSA) is 81.5 Å². The maximum atomic E-state index is 16.1. The third-order valence-electron chi connectivity index (χ3n) is 6.48. The number of fused-ring (bicyclic) bond motifs is 1. The Labute approximate surface area is 205 Å². The third-order valence-corrected chi connectivity index (χ3v) is 7.59. The van der Waals surface area contributed by atoms with Gasteiger partial charge in [-0.25, -0.2) is 17.6 Å². The molecule has 2 aromatic heterocycles. The summed E-state index contributed by atoms with van der Waals surface area (Å²) in [5.41, 5.74) is -0.000528. The molecule has 0 aliphatic carbocycles. The van der Waals surface area contributed by atoms with E-state index in [1.165, 1.54) is 6.26 Å². The number of likely N-dealkylation sites (tertiary alicyclic amines) is 1. The first-order valence-corrected chi connectivity index (χ1v) is 13.6. The molecule has 1 fully saturated rings. The molecule has 35 heavy (non-hydrogen) atoms. The Hall–Kier alpha value is -2.94. The van der Waals surface area contributed by atoms with Crippen LogP contribution in [0.15, 0.2) is 53.7 Å². The summed E-state index contributed by atoms with van der Waals surface area (Å²) in [6.07, 6.45) is 4.43. The lowest BCUT2D eigenvalue weighted by molar-refractivity contribution is -0.0217. The number of piperidine rings is 1. The molecule has 0 bridgehead atoms. The van der Waals surface area contributed by atoms with Crippen LogP contribution in [-0.2, 0) is 26.8 Å². The fourth-order valence-electron chi connectivity index (χ4n) is 4.52. The SMILES string of the molecule is CC1CN(C(=O)OC(C)(C)C)CCC1(F)c1ccc(Cn2ccc3cc(S(C)(=O)=O)ccc32)nc1. The summed E-state index contributed by atoms with van der Waals surface area (Å²) in [5, 5.41) is 0.831. The maximum Gasteiger partial charge on any atom is 0.410 e. The van der Waals surface area contributed by atoms with E-state index in [9.17, 15) is 13.2 Å². The molecule has 4 rings (SSSR count). The molecule has 2 atom stereocenters. The number of amides is 1. The van der Waals surface area contributed by atoms with Crippen molar-refractivity contribution in [2.24, 2.45) is 5.92 Å². The van der Waals surface area contributed by atoms with E-state index in [1.807, 2.05) is 43.7 Å². The molecule has 0 N–H and O–H groups in total. The van der Waals surface area contributed by atoms with Crippen molar-refractivity contribution < 1.29 is 22.3 Å². The Morgan fingerprint density at radius 1 is 1.23 bits per heavy atom. The lowest BCUT2D eigenvalue weighted by Gasteiger charge is -2.41. The number of sulfone groups is 1. The van der Waals surface area contributed by atoms with Gasteiger partial charge in [0, 0.05) is 60.5 Å². The van der Waals surface area contributed by atoms with E-state index >= 15 is 4.39 Å². The van der Waals surface area contributed by atoms with Crippen molar-refractivity contribution in [2.45, 2.75) is 56.8 Å². The smallest absolute Gasteiger partial charge is 0.410 e. The van der Waals surface area contributed by atoms with Gasteiger partial charge in [-0.05, 0) is 51.1 Å². The van der Waals surface area contributed by atoms with Crippen LogP contribution in [-0.4, -0.2) is 53.9 Å². The van der Waals surface area contributed by atoms with E-state index < -0.39 is 33.1 Å². The molecule has 3 aromatic rings. The molecule has 0 saturated carbocycles. The van der Waals surface area contributed by atoms with Crippen molar-refractivity contribution in [2.75, 3.05) is 19.3 Å². The van der Waals surface area contributed by atoms with E-state index in [2.05, 4.69) is 4.98 Å². The van der Waals surface area contributed by atoms with E-state index in [4.69, 9.17) is 4.74 Å². The monoisotopic (exact) mass is 501 g/mol. The van der Waals surface area contributed by atoms with E-state index in [0.29, 0.717) is 12.1 Å². The van der Waals surface area contributed by atoms with E-state index in [0.717, 1.165) is 16.6 Å². The second-order valence-electron chi connectivity index (χ2n) is 10.4. The molecule has 1 aliphatic rings. The van der Waals surface area contributed by atoms with Crippen LogP contribution in [0, 0.1) is 5.92 Å². The summed E-state index contributed by atoms with van der Waals surface area (Å²) < 4.78 is 47.1. The Kier molecular flexibility index (Phi) is 6.42. The van der Waals surface area contributed by atoms with Crippen LogP contribution < -0.4 is 0 Å². The normalized spacial score (nSPS) is 21.3. The molecule has 9 heteroatoms. The summed E-state index contributed by atoms with van der Waals surface area (Å²) >= 11 is 0. The van der Waals surface area contributed by atoms with Crippen molar-refractivity contribution in [3.8, 4) is 0 Å². The minimum Gasteiger partial charge on any atom is -0.444 e. The van der Waals surface area contributed by atoms with Crippen LogP contribution in [0.3, 0.4) is 0 Å². The molecule has 3 heterocycles. The molecular weight excluding hydrogens is 469 g/mol. The standard InChI is InChI=1S/C26H32FN3O4S/c1-18-16-30(24(31)34-25(2,3)4)13-11-26(18,27)20-6-7-21(28-15-20)17-29-12-10-19-14-22(35(5,32)33)8-9-23(19)29/h6-10,12,14-15,18H,11,13,16-17H2,1-5H3. The largest absolute Gasteiger partial charge is 0.444 e. The molecule has 2 unspecified atom stereocenters. The first-order valence-electron chi connectivity index (χ1n) is 11.7. The zero-order valence-electron chi connectivity index (χ0n) is 20.8. The van der Waals surface area contributed by atoms with Gasteiger partial charge in [0.05, 0.1) is 17.1 Å². The van der Waals surface area contributed by atoms with Gasteiger partial charge in [-0.1, -0.05) is 13.0 Å². The minimum atomic E-state index is -3.27. The Morgan fingerprint density at radius 3 is 2.57 bits per heavy atom.